The first-order valence-corrected chi connectivity index (χ1v) is 11.7. The van der Waals surface area contributed by atoms with Crippen molar-refractivity contribution in [1.29, 1.82) is 0 Å². The fraction of sp³-hybridized carbons (Fsp3) is 0.107. The molecule has 11 nitrogen and oxygen atoms in total. The maximum atomic E-state index is 12.7. The number of amides is 1. The summed E-state index contributed by atoms with van der Waals surface area (Å²) in [5.74, 6) is -0.963. The van der Waals surface area contributed by atoms with Gasteiger partial charge in [-0.3, -0.25) is 14.9 Å². The summed E-state index contributed by atoms with van der Waals surface area (Å²) in [6.07, 6.45) is 3.42. The molecule has 0 aliphatic rings. The smallest absolute Gasteiger partial charge is 0.337 e. The van der Waals surface area contributed by atoms with E-state index in [9.17, 15) is 19.7 Å². The zero-order valence-electron chi connectivity index (χ0n) is 20.9. The minimum Gasteiger partial charge on any atom is -0.493 e. The molecule has 0 atom stereocenters. The zero-order chi connectivity index (χ0) is 27.5. The van der Waals surface area contributed by atoms with Crippen molar-refractivity contribution in [3.63, 3.8) is 0 Å². The minimum absolute atomic E-state index is 0.0751. The highest BCUT2D eigenvalue weighted by Crippen LogP contribution is 2.33. The van der Waals surface area contributed by atoms with Gasteiger partial charge in [0.2, 0.25) is 0 Å². The van der Waals surface area contributed by atoms with Gasteiger partial charge < -0.3 is 18.5 Å². The molecule has 5 aromatic rings. The average molecular weight is 527 g/mol. The van der Waals surface area contributed by atoms with E-state index in [1.807, 2.05) is 41.1 Å². The molecule has 11 heteroatoms. The largest absolute Gasteiger partial charge is 0.493 e. The summed E-state index contributed by atoms with van der Waals surface area (Å²) in [5.41, 5.74) is 5.56. The van der Waals surface area contributed by atoms with Crippen molar-refractivity contribution in [2.24, 2.45) is 5.10 Å². The number of ether oxygens (including phenoxy) is 2. The van der Waals surface area contributed by atoms with Gasteiger partial charge >= 0.3 is 11.9 Å². The summed E-state index contributed by atoms with van der Waals surface area (Å²) in [4.78, 5) is 35.3. The van der Waals surface area contributed by atoms with Gasteiger partial charge in [-0.25, -0.2) is 10.2 Å². The van der Waals surface area contributed by atoms with Gasteiger partial charge in [0.05, 0.1) is 37.0 Å². The summed E-state index contributed by atoms with van der Waals surface area (Å²) < 4.78 is 17.6. The van der Waals surface area contributed by atoms with E-state index in [4.69, 9.17) is 13.9 Å². The molecular formula is C28H22N4O7. The number of aromatic nitrogens is 1. The third-order valence-corrected chi connectivity index (χ3v) is 6.11. The van der Waals surface area contributed by atoms with E-state index in [2.05, 4.69) is 10.5 Å². The third kappa shape index (κ3) is 5.05. The van der Waals surface area contributed by atoms with Crippen molar-refractivity contribution in [3.05, 3.63) is 105 Å². The number of carbonyl (C=O) groups is 2. The van der Waals surface area contributed by atoms with Crippen LogP contribution in [-0.2, 0) is 11.3 Å². The van der Waals surface area contributed by atoms with E-state index in [1.54, 1.807) is 18.2 Å². The number of furan rings is 1. The zero-order valence-corrected chi connectivity index (χ0v) is 20.9. The van der Waals surface area contributed by atoms with E-state index in [1.165, 1.54) is 38.6 Å². The van der Waals surface area contributed by atoms with Crippen molar-refractivity contribution in [1.82, 2.24) is 9.99 Å². The lowest BCUT2D eigenvalue weighted by molar-refractivity contribution is -0.384. The highest BCUT2D eigenvalue weighted by atomic mass is 16.6. The molecule has 0 spiro atoms. The quantitative estimate of drug-likeness (QED) is 0.131. The van der Waals surface area contributed by atoms with Crippen LogP contribution < -0.4 is 10.2 Å². The number of carbonyl (C=O) groups excluding carboxylic acids is 2. The predicted octanol–water partition coefficient (Wildman–Crippen LogP) is 4.90. The Hall–Kier alpha value is -5.45. The number of benzene rings is 3. The number of nitrogens with one attached hydrogen (secondary N) is 1. The number of para-hydroxylation sites is 1. The standard InChI is InChI=1S/C28H22N4O7/c1-37-24-13-21(32(35)36)11-19-12-25(39-26(19)24)27(33)30-29-14-20-16-31(23-9-4-3-8-22(20)23)15-17-6-5-7-18(10-17)28(34)38-2/h3-14,16H,15H2,1-2H3,(H,30,33)/b29-14-. The molecule has 2 heterocycles. The number of hydrogen-bond acceptors (Lipinski definition) is 8. The van der Waals surface area contributed by atoms with Crippen LogP contribution in [0.5, 0.6) is 5.75 Å². The van der Waals surface area contributed by atoms with Gasteiger partial charge in [-0.05, 0) is 29.8 Å². The predicted molar refractivity (Wildman–Crippen MR) is 143 cm³/mol. The van der Waals surface area contributed by atoms with Crippen molar-refractivity contribution >= 4 is 45.7 Å². The molecule has 0 aliphatic carbocycles. The Bertz CT molecular complexity index is 1770. The van der Waals surface area contributed by atoms with Gasteiger partial charge in [0.1, 0.15) is 0 Å². The number of rotatable bonds is 8. The molecule has 0 fully saturated rings. The van der Waals surface area contributed by atoms with Crippen LogP contribution in [0, 0.1) is 10.1 Å². The highest BCUT2D eigenvalue weighted by molar-refractivity contribution is 6.01. The molecule has 0 aliphatic heterocycles. The van der Waals surface area contributed by atoms with E-state index in [0.717, 1.165) is 22.0 Å². The molecule has 196 valence electrons. The van der Waals surface area contributed by atoms with E-state index >= 15 is 0 Å². The number of non-ortho nitro benzene ring substituents is 1. The maximum Gasteiger partial charge on any atom is 0.337 e. The second-order valence-electron chi connectivity index (χ2n) is 8.55. The number of nitro benzene ring substituents is 1. The van der Waals surface area contributed by atoms with Crippen LogP contribution >= 0.6 is 0 Å². The number of hydrogen-bond donors (Lipinski definition) is 1. The van der Waals surface area contributed by atoms with Gasteiger partial charge in [0, 0.05) is 40.7 Å². The van der Waals surface area contributed by atoms with E-state index in [-0.39, 0.29) is 22.8 Å². The van der Waals surface area contributed by atoms with Crippen molar-refractivity contribution in [2.45, 2.75) is 6.54 Å². The Morgan fingerprint density at radius 1 is 1.10 bits per heavy atom. The van der Waals surface area contributed by atoms with Crippen molar-refractivity contribution < 1.29 is 28.4 Å². The summed E-state index contributed by atoms with van der Waals surface area (Å²) >= 11 is 0. The van der Waals surface area contributed by atoms with Crippen LogP contribution in [0.2, 0.25) is 0 Å². The summed E-state index contributed by atoms with van der Waals surface area (Å²) in [7, 11) is 2.70. The number of fused-ring (bicyclic) bond motifs is 2. The lowest BCUT2D eigenvalue weighted by atomic mass is 10.1. The van der Waals surface area contributed by atoms with Crippen LogP contribution in [0.1, 0.15) is 32.0 Å². The number of nitro groups is 1. The molecule has 5 rings (SSSR count). The van der Waals surface area contributed by atoms with E-state index < -0.39 is 16.8 Å². The first kappa shape index (κ1) is 25.2. The monoisotopic (exact) mass is 526 g/mol. The molecular weight excluding hydrogens is 504 g/mol. The minimum atomic E-state index is -0.629. The van der Waals surface area contributed by atoms with Gasteiger partial charge in [-0.15, -0.1) is 0 Å². The average Bonchev–Trinajstić information content (AvgIpc) is 3.54. The van der Waals surface area contributed by atoms with Crippen molar-refractivity contribution in [2.75, 3.05) is 14.2 Å². The van der Waals surface area contributed by atoms with Crippen LogP contribution in [0.25, 0.3) is 21.9 Å². The number of hydrazone groups is 1. The summed E-state index contributed by atoms with van der Waals surface area (Å²) in [6, 6.07) is 18.9. The first-order chi connectivity index (χ1) is 18.9. The number of esters is 1. The molecule has 1 amide bonds. The third-order valence-electron chi connectivity index (χ3n) is 6.11. The second-order valence-corrected chi connectivity index (χ2v) is 8.55. The van der Waals surface area contributed by atoms with Crippen LogP contribution in [0.15, 0.2) is 82.4 Å². The molecule has 0 bridgehead atoms. The molecule has 3 aromatic carbocycles. The first-order valence-electron chi connectivity index (χ1n) is 11.7. The Morgan fingerprint density at radius 3 is 2.69 bits per heavy atom. The summed E-state index contributed by atoms with van der Waals surface area (Å²) in [5, 5.41) is 16.6. The van der Waals surface area contributed by atoms with Gasteiger partial charge in [0.25, 0.3) is 5.69 Å². The lowest BCUT2D eigenvalue weighted by Gasteiger charge is -2.07. The van der Waals surface area contributed by atoms with Gasteiger partial charge in [0.15, 0.2) is 17.1 Å². The molecule has 39 heavy (non-hydrogen) atoms. The summed E-state index contributed by atoms with van der Waals surface area (Å²) in [6.45, 7) is 0.499. The van der Waals surface area contributed by atoms with Crippen LogP contribution in [0.3, 0.4) is 0 Å². The van der Waals surface area contributed by atoms with E-state index in [0.29, 0.717) is 17.5 Å². The fourth-order valence-electron chi connectivity index (χ4n) is 4.31. The second kappa shape index (κ2) is 10.5. The number of methoxy groups -OCH3 is 2. The normalized spacial score (nSPS) is 11.2. The number of nitrogens with zero attached hydrogens (tertiary/aromatic N) is 3. The molecule has 0 radical (unpaired) electrons. The van der Waals surface area contributed by atoms with Crippen LogP contribution in [-0.4, -0.2) is 41.8 Å². The van der Waals surface area contributed by atoms with Gasteiger partial charge in [-0.2, -0.15) is 5.10 Å². The maximum absolute atomic E-state index is 12.7. The Labute approximate surface area is 221 Å². The molecule has 1 N–H and O–H groups in total. The highest BCUT2D eigenvalue weighted by Gasteiger charge is 2.19. The van der Waals surface area contributed by atoms with Crippen molar-refractivity contribution in [3.8, 4) is 5.75 Å². The SMILES string of the molecule is COC(=O)c1cccc(Cn2cc(/C=N\NC(=O)c3cc4cc([N+](=O)[O-])cc(OC)c4o3)c3ccccc32)c1. The topological polar surface area (TPSA) is 138 Å². The molecule has 0 saturated carbocycles. The fourth-order valence-corrected chi connectivity index (χ4v) is 4.31. The van der Waals surface area contributed by atoms with Gasteiger partial charge in [-0.1, -0.05) is 30.3 Å². The Morgan fingerprint density at radius 2 is 1.92 bits per heavy atom. The lowest BCUT2D eigenvalue weighted by Crippen LogP contribution is -2.16. The molecule has 0 saturated heterocycles. The van der Waals surface area contributed by atoms with Crippen LogP contribution in [0.4, 0.5) is 5.69 Å². The molecule has 2 aromatic heterocycles. The Kier molecular flexibility index (Phi) is 6.79. The Balaban J connectivity index is 1.38. The molecule has 0 unspecified atom stereocenters.